The first kappa shape index (κ1) is 18.0. The van der Waals surface area contributed by atoms with Crippen LogP contribution < -0.4 is 5.32 Å². The molecule has 1 aromatic rings. The van der Waals surface area contributed by atoms with Crippen LogP contribution in [0.2, 0.25) is 0 Å². The minimum absolute atomic E-state index is 0.0629. The molecule has 0 saturated heterocycles. The lowest BCUT2D eigenvalue weighted by atomic mass is 10.1. The standard InChI is InChI=1S/C17H26N2O3/c1-5-19(12-15(21)18-17(2,3)4)16(22)11-10-13-8-6-7-9-14(13)20/h6-9,20H,5,10-12H2,1-4H3,(H,18,21). The molecule has 0 spiro atoms. The highest BCUT2D eigenvalue weighted by atomic mass is 16.3. The molecule has 0 aliphatic carbocycles. The minimum atomic E-state index is -0.310. The topological polar surface area (TPSA) is 69.6 Å². The quantitative estimate of drug-likeness (QED) is 0.845. The lowest BCUT2D eigenvalue weighted by molar-refractivity contribution is -0.136. The number of carbonyl (C=O) groups excluding carboxylic acids is 2. The normalized spacial score (nSPS) is 11.1. The third-order valence-electron chi connectivity index (χ3n) is 3.18. The van der Waals surface area contributed by atoms with E-state index in [2.05, 4.69) is 5.32 Å². The van der Waals surface area contributed by atoms with Crippen molar-refractivity contribution in [1.29, 1.82) is 0 Å². The Hall–Kier alpha value is -2.04. The number of para-hydroxylation sites is 1. The Bertz CT molecular complexity index is 521. The predicted molar refractivity (Wildman–Crippen MR) is 86.6 cm³/mol. The minimum Gasteiger partial charge on any atom is -0.508 e. The van der Waals surface area contributed by atoms with Crippen LogP contribution >= 0.6 is 0 Å². The molecule has 0 aromatic heterocycles. The number of aromatic hydroxyl groups is 1. The summed E-state index contributed by atoms with van der Waals surface area (Å²) in [7, 11) is 0. The number of rotatable bonds is 6. The molecule has 0 saturated carbocycles. The van der Waals surface area contributed by atoms with Crippen molar-refractivity contribution in [3.8, 4) is 5.75 Å². The molecule has 0 aliphatic rings. The number of aryl methyl sites for hydroxylation is 1. The Balaban J connectivity index is 2.54. The first-order chi connectivity index (χ1) is 10.2. The van der Waals surface area contributed by atoms with E-state index in [9.17, 15) is 14.7 Å². The fourth-order valence-corrected chi connectivity index (χ4v) is 2.13. The van der Waals surface area contributed by atoms with E-state index < -0.39 is 0 Å². The Kier molecular flexibility index (Phi) is 6.40. The van der Waals surface area contributed by atoms with Crippen molar-refractivity contribution in [1.82, 2.24) is 10.2 Å². The number of phenolic OH excluding ortho intramolecular Hbond substituents is 1. The van der Waals surface area contributed by atoms with E-state index in [0.29, 0.717) is 13.0 Å². The van der Waals surface area contributed by atoms with Gasteiger partial charge in [-0.3, -0.25) is 9.59 Å². The number of likely N-dealkylation sites (N-methyl/N-ethyl adjacent to an activating group) is 1. The number of carbonyl (C=O) groups is 2. The molecule has 2 N–H and O–H groups in total. The molecule has 5 nitrogen and oxygen atoms in total. The Labute approximate surface area is 132 Å². The van der Waals surface area contributed by atoms with Gasteiger partial charge < -0.3 is 15.3 Å². The number of hydrogen-bond acceptors (Lipinski definition) is 3. The van der Waals surface area contributed by atoms with E-state index >= 15 is 0 Å². The van der Waals surface area contributed by atoms with Crippen LogP contribution in [0.15, 0.2) is 24.3 Å². The summed E-state index contributed by atoms with van der Waals surface area (Å²) < 4.78 is 0. The summed E-state index contributed by atoms with van der Waals surface area (Å²) in [5, 5.41) is 12.6. The molecule has 0 atom stereocenters. The third kappa shape index (κ3) is 6.16. The SMILES string of the molecule is CCN(CC(=O)NC(C)(C)C)C(=O)CCc1ccccc1O. The Morgan fingerprint density at radius 2 is 1.86 bits per heavy atom. The highest BCUT2D eigenvalue weighted by Crippen LogP contribution is 2.17. The van der Waals surface area contributed by atoms with Crippen molar-refractivity contribution in [2.45, 2.75) is 46.1 Å². The van der Waals surface area contributed by atoms with E-state index in [1.165, 1.54) is 4.90 Å². The van der Waals surface area contributed by atoms with Gasteiger partial charge in [0.15, 0.2) is 0 Å². The van der Waals surface area contributed by atoms with Crippen molar-refractivity contribution in [2.24, 2.45) is 0 Å². The van der Waals surface area contributed by atoms with Gasteiger partial charge in [-0.05, 0) is 45.7 Å². The highest BCUT2D eigenvalue weighted by Gasteiger charge is 2.19. The highest BCUT2D eigenvalue weighted by molar-refractivity contribution is 5.85. The Morgan fingerprint density at radius 1 is 1.23 bits per heavy atom. The third-order valence-corrected chi connectivity index (χ3v) is 3.18. The zero-order valence-corrected chi connectivity index (χ0v) is 13.8. The molecule has 122 valence electrons. The van der Waals surface area contributed by atoms with Crippen molar-refractivity contribution in [3.05, 3.63) is 29.8 Å². The van der Waals surface area contributed by atoms with Crippen LogP contribution in [0.5, 0.6) is 5.75 Å². The van der Waals surface area contributed by atoms with E-state index in [1.807, 2.05) is 33.8 Å². The molecule has 1 rings (SSSR count). The summed E-state index contributed by atoms with van der Waals surface area (Å²) >= 11 is 0. The largest absolute Gasteiger partial charge is 0.508 e. The van der Waals surface area contributed by atoms with Gasteiger partial charge in [-0.2, -0.15) is 0 Å². The molecule has 0 unspecified atom stereocenters. The van der Waals surface area contributed by atoms with Crippen molar-refractivity contribution in [3.63, 3.8) is 0 Å². The van der Waals surface area contributed by atoms with Gasteiger partial charge in [0.1, 0.15) is 5.75 Å². The van der Waals surface area contributed by atoms with Gasteiger partial charge in [-0.1, -0.05) is 18.2 Å². The molecule has 2 amide bonds. The van der Waals surface area contributed by atoms with Gasteiger partial charge >= 0.3 is 0 Å². The average Bonchev–Trinajstić information content (AvgIpc) is 2.41. The zero-order valence-electron chi connectivity index (χ0n) is 13.8. The average molecular weight is 306 g/mol. The summed E-state index contributed by atoms with van der Waals surface area (Å²) in [5.41, 5.74) is 0.432. The second kappa shape index (κ2) is 7.82. The summed E-state index contributed by atoms with van der Waals surface area (Å²) in [6.07, 6.45) is 0.733. The van der Waals surface area contributed by atoms with Crippen LogP contribution in [0.1, 0.15) is 39.7 Å². The summed E-state index contributed by atoms with van der Waals surface area (Å²) in [5.74, 6) is -0.0519. The number of phenols is 1. The molecule has 22 heavy (non-hydrogen) atoms. The number of amides is 2. The summed E-state index contributed by atoms with van der Waals surface area (Å²) in [4.78, 5) is 25.7. The van der Waals surface area contributed by atoms with Crippen molar-refractivity contribution < 1.29 is 14.7 Å². The van der Waals surface area contributed by atoms with E-state index in [1.54, 1.807) is 18.2 Å². The first-order valence-electron chi connectivity index (χ1n) is 7.58. The summed E-state index contributed by atoms with van der Waals surface area (Å²) in [6, 6.07) is 6.98. The van der Waals surface area contributed by atoms with Crippen LogP contribution in [0.4, 0.5) is 0 Å². The van der Waals surface area contributed by atoms with Crippen LogP contribution in [-0.2, 0) is 16.0 Å². The van der Waals surface area contributed by atoms with Gasteiger partial charge in [-0.25, -0.2) is 0 Å². The second-order valence-corrected chi connectivity index (χ2v) is 6.33. The smallest absolute Gasteiger partial charge is 0.240 e. The van der Waals surface area contributed by atoms with Crippen molar-refractivity contribution >= 4 is 11.8 Å². The van der Waals surface area contributed by atoms with Crippen LogP contribution in [0.25, 0.3) is 0 Å². The first-order valence-corrected chi connectivity index (χ1v) is 7.58. The second-order valence-electron chi connectivity index (χ2n) is 6.33. The number of hydrogen-bond donors (Lipinski definition) is 2. The molecule has 1 aromatic carbocycles. The molecule has 0 fully saturated rings. The monoisotopic (exact) mass is 306 g/mol. The fourth-order valence-electron chi connectivity index (χ4n) is 2.13. The van der Waals surface area contributed by atoms with E-state index in [4.69, 9.17) is 0 Å². The maximum Gasteiger partial charge on any atom is 0.240 e. The molecule has 5 heteroatoms. The molecular formula is C17H26N2O3. The maximum absolute atomic E-state index is 12.2. The lowest BCUT2D eigenvalue weighted by Crippen LogP contribution is -2.47. The number of nitrogens with zero attached hydrogens (tertiary/aromatic N) is 1. The lowest BCUT2D eigenvalue weighted by Gasteiger charge is -2.25. The van der Waals surface area contributed by atoms with Crippen LogP contribution in [0, 0.1) is 0 Å². The molecular weight excluding hydrogens is 280 g/mol. The van der Waals surface area contributed by atoms with Gasteiger partial charge in [0.05, 0.1) is 6.54 Å². The van der Waals surface area contributed by atoms with Crippen molar-refractivity contribution in [2.75, 3.05) is 13.1 Å². The van der Waals surface area contributed by atoms with Gasteiger partial charge in [-0.15, -0.1) is 0 Å². The molecule has 0 heterocycles. The zero-order chi connectivity index (χ0) is 16.8. The molecule has 0 bridgehead atoms. The Morgan fingerprint density at radius 3 is 2.41 bits per heavy atom. The van der Waals surface area contributed by atoms with Gasteiger partial charge in [0, 0.05) is 18.5 Å². The van der Waals surface area contributed by atoms with Crippen LogP contribution in [0.3, 0.4) is 0 Å². The number of benzene rings is 1. The molecule has 0 aliphatic heterocycles. The van der Waals surface area contributed by atoms with E-state index in [-0.39, 0.29) is 36.1 Å². The van der Waals surface area contributed by atoms with Gasteiger partial charge in [0.25, 0.3) is 0 Å². The van der Waals surface area contributed by atoms with Crippen LogP contribution in [-0.4, -0.2) is 40.4 Å². The predicted octanol–water partition coefficient (Wildman–Crippen LogP) is 2.09. The molecule has 0 radical (unpaired) electrons. The van der Waals surface area contributed by atoms with E-state index in [0.717, 1.165) is 5.56 Å². The maximum atomic E-state index is 12.2. The number of nitrogens with one attached hydrogen (secondary N) is 1. The fraction of sp³-hybridized carbons (Fsp3) is 0.529. The van der Waals surface area contributed by atoms with Gasteiger partial charge in [0.2, 0.25) is 11.8 Å². The summed E-state index contributed by atoms with van der Waals surface area (Å²) in [6.45, 7) is 8.11.